The van der Waals surface area contributed by atoms with Crippen LogP contribution in [0.5, 0.6) is 0 Å². The Morgan fingerprint density at radius 1 is 1.00 bits per heavy atom. The molecule has 3 nitrogen and oxygen atoms in total. The molecule has 24 heavy (non-hydrogen) atoms. The van der Waals surface area contributed by atoms with Crippen LogP contribution in [0.2, 0.25) is 0 Å². The molecule has 0 unspecified atom stereocenters. The van der Waals surface area contributed by atoms with Gasteiger partial charge in [-0.25, -0.2) is 0 Å². The quantitative estimate of drug-likeness (QED) is 0.709. The molecule has 3 aromatic rings. The highest BCUT2D eigenvalue weighted by molar-refractivity contribution is 5.96. The third-order valence-corrected chi connectivity index (χ3v) is 5.41. The first-order chi connectivity index (χ1) is 11.9. The van der Waals surface area contributed by atoms with E-state index in [1.807, 2.05) is 12.1 Å². The Kier molecular flexibility index (Phi) is 3.27. The van der Waals surface area contributed by atoms with Crippen LogP contribution >= 0.6 is 0 Å². The standard InChI is InChI=1S/C21H20N2O/c1-2-6-18-16(5-1)13-17(18)14-23-11-9-15(10-12-23)21-19-7-3-4-8-20(19)24-22-21/h1-8,13,15H,9-12,14H2. The fourth-order valence-corrected chi connectivity index (χ4v) is 4.04. The number of nitrogens with zero attached hydrogens (tertiary/aromatic N) is 2. The van der Waals surface area contributed by atoms with Crippen molar-refractivity contribution < 1.29 is 4.52 Å². The monoisotopic (exact) mass is 316 g/mol. The van der Waals surface area contributed by atoms with Gasteiger partial charge in [0.15, 0.2) is 5.58 Å². The lowest BCUT2D eigenvalue weighted by Gasteiger charge is -2.33. The van der Waals surface area contributed by atoms with E-state index in [1.165, 1.54) is 22.1 Å². The number of para-hydroxylation sites is 1. The third kappa shape index (κ3) is 2.28. The van der Waals surface area contributed by atoms with Crippen LogP contribution in [-0.4, -0.2) is 29.7 Å². The molecule has 0 radical (unpaired) electrons. The summed E-state index contributed by atoms with van der Waals surface area (Å²) < 4.78 is 5.49. The predicted octanol–water partition coefficient (Wildman–Crippen LogP) is 4.56. The van der Waals surface area contributed by atoms with Gasteiger partial charge in [-0.3, -0.25) is 4.90 Å². The summed E-state index contributed by atoms with van der Waals surface area (Å²) in [4.78, 5) is 2.57. The maximum atomic E-state index is 5.49. The van der Waals surface area contributed by atoms with Gasteiger partial charge in [-0.1, -0.05) is 41.6 Å². The van der Waals surface area contributed by atoms with Gasteiger partial charge in [-0.2, -0.15) is 0 Å². The van der Waals surface area contributed by atoms with E-state index in [0.717, 1.165) is 43.8 Å². The Balaban J connectivity index is 1.25. The van der Waals surface area contributed by atoms with Crippen molar-refractivity contribution in [3.8, 4) is 0 Å². The summed E-state index contributed by atoms with van der Waals surface area (Å²) in [5.41, 5.74) is 6.36. The van der Waals surface area contributed by atoms with Crippen LogP contribution in [0.3, 0.4) is 0 Å². The van der Waals surface area contributed by atoms with E-state index >= 15 is 0 Å². The minimum absolute atomic E-state index is 0.521. The van der Waals surface area contributed by atoms with Gasteiger partial charge in [-0.05, 0) is 60.8 Å². The maximum absolute atomic E-state index is 5.49. The zero-order valence-electron chi connectivity index (χ0n) is 13.6. The molecular weight excluding hydrogens is 296 g/mol. The summed E-state index contributed by atoms with van der Waals surface area (Å²) >= 11 is 0. The van der Waals surface area contributed by atoms with Gasteiger partial charge in [0.1, 0.15) is 0 Å². The minimum Gasteiger partial charge on any atom is -0.356 e. The van der Waals surface area contributed by atoms with E-state index in [9.17, 15) is 0 Å². The van der Waals surface area contributed by atoms with Crippen LogP contribution in [0.25, 0.3) is 22.6 Å². The van der Waals surface area contributed by atoms with Gasteiger partial charge in [-0.15, -0.1) is 0 Å². The average molecular weight is 316 g/mol. The third-order valence-electron chi connectivity index (χ3n) is 5.41. The Morgan fingerprint density at radius 3 is 2.67 bits per heavy atom. The number of aromatic nitrogens is 1. The second-order valence-electron chi connectivity index (χ2n) is 6.87. The molecular formula is C21H20N2O. The summed E-state index contributed by atoms with van der Waals surface area (Å²) in [7, 11) is 0. The number of hydrogen-bond acceptors (Lipinski definition) is 3. The molecule has 0 amide bonds. The minimum atomic E-state index is 0.521. The van der Waals surface area contributed by atoms with Crippen molar-refractivity contribution in [1.29, 1.82) is 0 Å². The molecule has 0 bridgehead atoms. The molecule has 3 heteroatoms. The van der Waals surface area contributed by atoms with E-state index in [-0.39, 0.29) is 0 Å². The highest BCUT2D eigenvalue weighted by atomic mass is 16.5. The first-order valence-corrected chi connectivity index (χ1v) is 8.75. The van der Waals surface area contributed by atoms with Gasteiger partial charge in [0.25, 0.3) is 0 Å². The van der Waals surface area contributed by atoms with Crippen LogP contribution in [0, 0.1) is 0 Å². The second kappa shape index (κ2) is 5.60. The van der Waals surface area contributed by atoms with Crippen molar-refractivity contribution in [2.45, 2.75) is 18.8 Å². The molecule has 0 N–H and O–H groups in total. The Hall–Kier alpha value is -2.39. The zero-order valence-corrected chi connectivity index (χ0v) is 13.6. The lowest BCUT2D eigenvalue weighted by Crippen LogP contribution is -2.34. The Morgan fingerprint density at radius 2 is 1.79 bits per heavy atom. The number of fused-ring (bicyclic) bond motifs is 2. The van der Waals surface area contributed by atoms with Crippen molar-refractivity contribution in [2.24, 2.45) is 0 Å². The molecule has 0 saturated carbocycles. The largest absolute Gasteiger partial charge is 0.356 e. The van der Waals surface area contributed by atoms with Gasteiger partial charge in [0.05, 0.1) is 5.69 Å². The normalized spacial score (nSPS) is 18.2. The number of likely N-dealkylation sites (tertiary alicyclic amines) is 1. The van der Waals surface area contributed by atoms with Gasteiger partial charge < -0.3 is 4.52 Å². The molecule has 2 aromatic carbocycles. The molecule has 2 heterocycles. The predicted molar refractivity (Wildman–Crippen MR) is 96.7 cm³/mol. The zero-order chi connectivity index (χ0) is 15.9. The summed E-state index contributed by atoms with van der Waals surface area (Å²) in [6, 6.07) is 16.9. The molecule has 0 spiro atoms. The molecule has 1 aromatic heterocycles. The number of rotatable bonds is 3. The van der Waals surface area contributed by atoms with E-state index < -0.39 is 0 Å². The highest BCUT2D eigenvalue weighted by Gasteiger charge is 2.26. The van der Waals surface area contributed by atoms with Crippen molar-refractivity contribution in [1.82, 2.24) is 10.1 Å². The van der Waals surface area contributed by atoms with E-state index in [4.69, 9.17) is 4.52 Å². The van der Waals surface area contributed by atoms with E-state index in [1.54, 1.807) is 0 Å². The van der Waals surface area contributed by atoms with Crippen LogP contribution in [-0.2, 0) is 0 Å². The van der Waals surface area contributed by atoms with E-state index in [2.05, 4.69) is 52.5 Å². The maximum Gasteiger partial charge on any atom is 0.167 e. The lowest BCUT2D eigenvalue weighted by molar-refractivity contribution is 0.232. The second-order valence-corrected chi connectivity index (χ2v) is 6.87. The molecule has 5 rings (SSSR count). The highest BCUT2D eigenvalue weighted by Crippen LogP contribution is 2.36. The molecule has 1 saturated heterocycles. The van der Waals surface area contributed by atoms with Crippen LogP contribution in [0.4, 0.5) is 0 Å². The van der Waals surface area contributed by atoms with Crippen molar-refractivity contribution >= 4 is 22.6 Å². The number of benzene rings is 2. The molecule has 2 aliphatic rings. The van der Waals surface area contributed by atoms with Gasteiger partial charge >= 0.3 is 0 Å². The summed E-state index contributed by atoms with van der Waals surface area (Å²) in [6.45, 7) is 3.33. The number of hydrogen-bond donors (Lipinski definition) is 0. The van der Waals surface area contributed by atoms with Crippen molar-refractivity contribution in [3.63, 3.8) is 0 Å². The van der Waals surface area contributed by atoms with Crippen LogP contribution in [0.15, 0.2) is 53.1 Å². The summed E-state index contributed by atoms with van der Waals surface area (Å²) in [6.07, 6.45) is 4.64. The van der Waals surface area contributed by atoms with Gasteiger partial charge in [0.2, 0.25) is 0 Å². The van der Waals surface area contributed by atoms with Crippen LogP contribution < -0.4 is 0 Å². The van der Waals surface area contributed by atoms with Gasteiger partial charge in [0, 0.05) is 17.8 Å². The SMILES string of the molecule is C1=C(CN2CCC(c3noc4ccccc34)CC2)c2ccccc21. The van der Waals surface area contributed by atoms with Crippen LogP contribution in [0.1, 0.15) is 35.6 Å². The molecule has 1 aliphatic carbocycles. The fourth-order valence-electron chi connectivity index (χ4n) is 4.04. The van der Waals surface area contributed by atoms with Crippen molar-refractivity contribution in [2.75, 3.05) is 19.6 Å². The fraction of sp³-hybridized carbons (Fsp3) is 0.286. The molecule has 1 aliphatic heterocycles. The smallest absolute Gasteiger partial charge is 0.167 e. The Labute approximate surface area is 141 Å². The average Bonchev–Trinajstić information content (AvgIpc) is 3.04. The van der Waals surface area contributed by atoms with E-state index in [0.29, 0.717) is 5.92 Å². The number of piperidine rings is 1. The first kappa shape index (κ1) is 14.0. The Bertz CT molecular complexity index is 916. The molecule has 1 fully saturated rings. The lowest BCUT2D eigenvalue weighted by atomic mass is 9.87. The van der Waals surface area contributed by atoms with Crippen molar-refractivity contribution in [3.05, 3.63) is 65.4 Å². The summed E-state index contributed by atoms with van der Waals surface area (Å²) in [5.74, 6) is 0.521. The molecule has 0 atom stereocenters. The first-order valence-electron chi connectivity index (χ1n) is 8.75. The summed E-state index contributed by atoms with van der Waals surface area (Å²) in [5, 5.41) is 5.54. The molecule has 120 valence electrons. The topological polar surface area (TPSA) is 29.3 Å².